The van der Waals surface area contributed by atoms with Crippen molar-refractivity contribution >= 4 is 17.8 Å². The maximum Gasteiger partial charge on any atom is 0.410 e. The highest BCUT2D eigenvalue weighted by Gasteiger charge is 2.28. The summed E-state index contributed by atoms with van der Waals surface area (Å²) in [5.41, 5.74) is 1.24. The highest BCUT2D eigenvalue weighted by atomic mass is 16.6. The molecule has 2 N–H and O–H groups in total. The van der Waals surface area contributed by atoms with Gasteiger partial charge in [0.15, 0.2) is 5.78 Å². The molecule has 7 nitrogen and oxygen atoms in total. The molecule has 0 fully saturated rings. The third-order valence-electron chi connectivity index (χ3n) is 3.78. The van der Waals surface area contributed by atoms with Crippen molar-refractivity contribution < 1.29 is 24.2 Å². The number of carbonyl (C=O) groups is 3. The fourth-order valence-corrected chi connectivity index (χ4v) is 2.48. The van der Waals surface area contributed by atoms with Gasteiger partial charge in [-0.15, -0.1) is 0 Å². The Morgan fingerprint density at radius 3 is 2.52 bits per heavy atom. The van der Waals surface area contributed by atoms with Gasteiger partial charge in [-0.3, -0.25) is 9.69 Å². The number of nitrogens with zero attached hydrogens (tertiary/aromatic N) is 1. The monoisotopic (exact) mass is 346 g/mol. The van der Waals surface area contributed by atoms with Gasteiger partial charge in [-0.2, -0.15) is 0 Å². The van der Waals surface area contributed by atoms with Crippen LogP contribution in [-0.2, 0) is 20.9 Å². The first-order valence-electron chi connectivity index (χ1n) is 8.05. The minimum Gasteiger partial charge on any atom is -0.480 e. The highest BCUT2D eigenvalue weighted by Crippen LogP contribution is 2.12. The molecule has 25 heavy (non-hydrogen) atoms. The minimum atomic E-state index is -1.01. The summed E-state index contributed by atoms with van der Waals surface area (Å²) in [7, 11) is 0. The maximum atomic E-state index is 12.2. The Kier molecular flexibility index (Phi) is 6.16. The number of carbonyl (C=O) groups excluding carboxylic acids is 2. The van der Waals surface area contributed by atoms with Gasteiger partial charge in [-0.05, 0) is 11.5 Å². The van der Waals surface area contributed by atoms with Gasteiger partial charge in [0.2, 0.25) is 0 Å². The van der Waals surface area contributed by atoms with E-state index in [0.29, 0.717) is 5.70 Å². The fourth-order valence-electron chi connectivity index (χ4n) is 2.48. The van der Waals surface area contributed by atoms with Crippen molar-refractivity contribution in [3.05, 3.63) is 47.7 Å². The van der Waals surface area contributed by atoms with Gasteiger partial charge in [-0.25, -0.2) is 9.59 Å². The summed E-state index contributed by atoms with van der Waals surface area (Å²) < 4.78 is 5.23. The van der Waals surface area contributed by atoms with Crippen LogP contribution in [0.1, 0.15) is 19.4 Å². The number of hydrogen-bond donors (Lipinski definition) is 2. The molecule has 1 aliphatic rings. The number of amides is 1. The number of benzene rings is 1. The number of aliphatic carboxylic acids is 1. The van der Waals surface area contributed by atoms with E-state index in [1.54, 1.807) is 13.8 Å². The number of carboxylic acids is 1. The molecule has 1 amide bonds. The Bertz CT molecular complexity index is 669. The fraction of sp³-hybridized carbons (Fsp3) is 0.389. The molecule has 134 valence electrons. The second kappa shape index (κ2) is 8.32. The number of hydrogen-bond acceptors (Lipinski definition) is 5. The van der Waals surface area contributed by atoms with Crippen LogP contribution in [0.25, 0.3) is 0 Å². The van der Waals surface area contributed by atoms with Crippen LogP contribution in [0.2, 0.25) is 0 Å². The molecule has 0 spiro atoms. The van der Waals surface area contributed by atoms with E-state index >= 15 is 0 Å². The summed E-state index contributed by atoms with van der Waals surface area (Å²) in [6.07, 6.45) is 0.736. The minimum absolute atomic E-state index is 0.0851. The van der Waals surface area contributed by atoms with Crippen LogP contribution in [-0.4, -0.2) is 47.0 Å². The molecule has 1 aromatic rings. The topological polar surface area (TPSA) is 95.9 Å². The first kappa shape index (κ1) is 18.5. The van der Waals surface area contributed by atoms with Gasteiger partial charge in [0.25, 0.3) is 0 Å². The van der Waals surface area contributed by atoms with Crippen LogP contribution in [0.4, 0.5) is 4.79 Å². The molecule has 0 aliphatic carbocycles. The average molecular weight is 346 g/mol. The van der Waals surface area contributed by atoms with E-state index in [9.17, 15) is 19.5 Å². The summed E-state index contributed by atoms with van der Waals surface area (Å²) in [6, 6.07) is 8.39. The summed E-state index contributed by atoms with van der Waals surface area (Å²) in [6.45, 7) is 3.67. The Morgan fingerprint density at radius 2 is 1.92 bits per heavy atom. The highest BCUT2D eigenvalue weighted by molar-refractivity contribution is 5.95. The molecule has 1 aromatic carbocycles. The SMILES string of the molecule is CC(C)[C@@H](NC1=CC(=O)CN(C(=O)OCc2ccccc2)C1)C(=O)O. The normalized spacial score (nSPS) is 15.6. The molecule has 0 saturated heterocycles. The standard InChI is InChI=1S/C18H22N2O5/c1-12(2)16(17(22)23)19-14-8-15(21)10-20(9-14)18(24)25-11-13-6-4-3-5-7-13/h3-8,12,16,19H,9-11H2,1-2H3,(H,22,23)/t16-/m1/s1. The van der Waals surface area contributed by atoms with Crippen LogP contribution in [0.3, 0.4) is 0 Å². The van der Waals surface area contributed by atoms with Gasteiger partial charge >= 0.3 is 12.1 Å². The number of nitrogens with one attached hydrogen (secondary N) is 1. The molecule has 0 unspecified atom stereocenters. The largest absolute Gasteiger partial charge is 0.480 e. The van der Waals surface area contributed by atoms with Crippen LogP contribution in [0, 0.1) is 5.92 Å². The first-order valence-corrected chi connectivity index (χ1v) is 8.05. The second-order valence-electron chi connectivity index (χ2n) is 6.24. The van der Waals surface area contributed by atoms with Crippen molar-refractivity contribution in [1.29, 1.82) is 0 Å². The summed E-state index contributed by atoms with van der Waals surface area (Å²) in [5, 5.41) is 12.1. The lowest BCUT2D eigenvalue weighted by Crippen LogP contribution is -2.47. The van der Waals surface area contributed by atoms with Gasteiger partial charge in [0.05, 0.1) is 13.1 Å². The van der Waals surface area contributed by atoms with Gasteiger partial charge in [0.1, 0.15) is 12.6 Å². The predicted molar refractivity (Wildman–Crippen MR) is 90.7 cm³/mol. The summed E-state index contributed by atoms with van der Waals surface area (Å²) >= 11 is 0. The maximum absolute atomic E-state index is 12.2. The molecule has 1 heterocycles. The molecule has 2 rings (SSSR count). The number of ether oxygens (including phenoxy) is 1. The molecule has 0 saturated carbocycles. The van der Waals surface area contributed by atoms with E-state index < -0.39 is 18.1 Å². The quantitative estimate of drug-likeness (QED) is 0.815. The zero-order chi connectivity index (χ0) is 18.4. The Balaban J connectivity index is 1.97. The van der Waals surface area contributed by atoms with Crippen LogP contribution in [0.5, 0.6) is 0 Å². The molecule has 0 radical (unpaired) electrons. The van der Waals surface area contributed by atoms with Gasteiger partial charge in [0, 0.05) is 11.8 Å². The lowest BCUT2D eigenvalue weighted by molar-refractivity contribution is -0.140. The number of rotatable bonds is 6. The van der Waals surface area contributed by atoms with Crippen molar-refractivity contribution in [2.45, 2.75) is 26.5 Å². The zero-order valence-corrected chi connectivity index (χ0v) is 14.3. The van der Waals surface area contributed by atoms with Crippen molar-refractivity contribution in [2.24, 2.45) is 5.92 Å². The van der Waals surface area contributed by atoms with E-state index in [1.807, 2.05) is 30.3 Å². The first-order chi connectivity index (χ1) is 11.9. The second-order valence-corrected chi connectivity index (χ2v) is 6.24. The lowest BCUT2D eigenvalue weighted by Gasteiger charge is -2.29. The summed E-state index contributed by atoms with van der Waals surface area (Å²) in [4.78, 5) is 36.6. The molecule has 0 aromatic heterocycles. The van der Waals surface area contributed by atoms with Crippen molar-refractivity contribution in [3.8, 4) is 0 Å². The van der Waals surface area contributed by atoms with Gasteiger partial charge in [-0.1, -0.05) is 44.2 Å². The van der Waals surface area contributed by atoms with Gasteiger partial charge < -0.3 is 15.2 Å². The van der Waals surface area contributed by atoms with E-state index in [2.05, 4.69) is 5.32 Å². The predicted octanol–water partition coefficient (Wildman–Crippen LogP) is 1.79. The van der Waals surface area contributed by atoms with E-state index in [0.717, 1.165) is 5.56 Å². The summed E-state index contributed by atoms with van der Waals surface area (Å²) in [5.74, 6) is -1.46. The smallest absolute Gasteiger partial charge is 0.410 e. The van der Waals surface area contributed by atoms with E-state index in [-0.39, 0.29) is 31.4 Å². The van der Waals surface area contributed by atoms with Crippen LogP contribution in [0.15, 0.2) is 42.1 Å². The lowest BCUT2D eigenvalue weighted by atomic mass is 10.0. The zero-order valence-electron chi connectivity index (χ0n) is 14.3. The third-order valence-corrected chi connectivity index (χ3v) is 3.78. The number of ketones is 1. The van der Waals surface area contributed by atoms with E-state index in [4.69, 9.17) is 4.74 Å². The Morgan fingerprint density at radius 1 is 1.24 bits per heavy atom. The number of carboxylic acid groups (broad SMARTS) is 1. The molecule has 0 bridgehead atoms. The van der Waals surface area contributed by atoms with E-state index in [1.165, 1.54) is 11.0 Å². The molecule has 1 aliphatic heterocycles. The molecular weight excluding hydrogens is 324 g/mol. The van der Waals surface area contributed by atoms with Crippen LogP contribution >= 0.6 is 0 Å². The van der Waals surface area contributed by atoms with Crippen molar-refractivity contribution in [3.63, 3.8) is 0 Å². The van der Waals surface area contributed by atoms with Crippen LogP contribution < -0.4 is 5.32 Å². The Labute approximate surface area is 146 Å². The molecule has 1 atom stereocenters. The van der Waals surface area contributed by atoms with Crippen molar-refractivity contribution in [2.75, 3.05) is 13.1 Å². The molecular formula is C18H22N2O5. The average Bonchev–Trinajstić information content (AvgIpc) is 2.57. The Hall–Kier alpha value is -2.83. The third kappa shape index (κ3) is 5.34. The van der Waals surface area contributed by atoms with Crippen molar-refractivity contribution in [1.82, 2.24) is 10.2 Å². The molecule has 7 heteroatoms.